The van der Waals surface area contributed by atoms with Gasteiger partial charge in [0.05, 0.1) is 32.8 Å². The molecule has 5 nitrogen and oxygen atoms in total. The van der Waals surface area contributed by atoms with E-state index in [9.17, 15) is 9.00 Å². The summed E-state index contributed by atoms with van der Waals surface area (Å²) in [7, 11) is 1.88. The largest absolute Gasteiger partial charge is 0.469 e. The van der Waals surface area contributed by atoms with E-state index in [0.717, 1.165) is 0 Å². The van der Waals surface area contributed by atoms with Gasteiger partial charge in [-0.25, -0.2) is 0 Å². The molecular weight excluding hydrogens is 232 g/mol. The van der Waals surface area contributed by atoms with Gasteiger partial charge >= 0.3 is 5.97 Å². The minimum atomic E-state index is -1.04. The summed E-state index contributed by atoms with van der Waals surface area (Å²) >= 11 is 0. The molecule has 0 fully saturated rings. The van der Waals surface area contributed by atoms with Crippen molar-refractivity contribution in [2.24, 2.45) is 5.92 Å². The van der Waals surface area contributed by atoms with Crippen LogP contribution in [0.4, 0.5) is 0 Å². The Bertz CT molecular complexity index is 219. The summed E-state index contributed by atoms with van der Waals surface area (Å²) in [6, 6.07) is 0. The molecule has 0 radical (unpaired) electrons. The summed E-state index contributed by atoms with van der Waals surface area (Å²) in [6.45, 7) is 3.16. The van der Waals surface area contributed by atoms with Crippen LogP contribution in [0.5, 0.6) is 0 Å². The molecule has 0 amide bonds. The monoisotopic (exact) mass is 252 g/mol. The van der Waals surface area contributed by atoms with Crippen molar-refractivity contribution in [2.75, 3.05) is 45.5 Å². The molecule has 0 saturated carbocycles. The van der Waals surface area contributed by atoms with Gasteiger partial charge in [0.25, 0.3) is 0 Å². The van der Waals surface area contributed by atoms with Crippen LogP contribution >= 0.6 is 0 Å². The van der Waals surface area contributed by atoms with E-state index in [0.29, 0.717) is 31.3 Å². The molecule has 0 aromatic carbocycles. The minimum absolute atomic E-state index is 0.320. The highest BCUT2D eigenvalue weighted by molar-refractivity contribution is 7.85. The summed E-state index contributed by atoms with van der Waals surface area (Å²) in [4.78, 5) is 11.1. The number of carbonyl (C=O) groups excluding carboxylic acids is 1. The summed E-state index contributed by atoms with van der Waals surface area (Å²) in [5, 5.41) is 0. The van der Waals surface area contributed by atoms with Crippen LogP contribution in [-0.4, -0.2) is 55.7 Å². The number of rotatable bonds is 9. The second-order valence-corrected chi connectivity index (χ2v) is 4.96. The van der Waals surface area contributed by atoms with E-state index in [1.54, 1.807) is 14.0 Å². The van der Waals surface area contributed by atoms with Crippen LogP contribution in [0.15, 0.2) is 0 Å². The van der Waals surface area contributed by atoms with Gasteiger partial charge in [-0.05, 0) is 0 Å². The Morgan fingerprint density at radius 2 is 1.94 bits per heavy atom. The van der Waals surface area contributed by atoms with E-state index in [4.69, 9.17) is 9.47 Å². The third-order valence-corrected chi connectivity index (χ3v) is 3.42. The summed E-state index contributed by atoms with van der Waals surface area (Å²) in [5.74, 6) is 0.101. The number of ether oxygens (including phenoxy) is 3. The number of methoxy groups -OCH3 is 2. The Morgan fingerprint density at radius 3 is 2.50 bits per heavy atom. The van der Waals surface area contributed by atoms with Crippen molar-refractivity contribution in [1.82, 2.24) is 0 Å². The average Bonchev–Trinajstić information content (AvgIpc) is 2.27. The molecule has 0 aromatic rings. The van der Waals surface area contributed by atoms with Crippen molar-refractivity contribution in [3.8, 4) is 0 Å². The van der Waals surface area contributed by atoms with Crippen LogP contribution in [0, 0.1) is 5.92 Å². The molecular formula is C10H20O5S. The zero-order valence-corrected chi connectivity index (χ0v) is 10.9. The Hall–Kier alpha value is -0.460. The van der Waals surface area contributed by atoms with Gasteiger partial charge in [-0.3, -0.25) is 9.00 Å². The molecule has 0 N–H and O–H groups in total. The van der Waals surface area contributed by atoms with Gasteiger partial charge in [0.15, 0.2) is 0 Å². The molecule has 0 heterocycles. The third kappa shape index (κ3) is 7.78. The standard InChI is InChI=1S/C10H20O5S/c1-9(10(11)14-3)8-16(12)7-6-15-5-4-13-2/h9H,4-8H2,1-3H3. The lowest BCUT2D eigenvalue weighted by molar-refractivity contribution is -0.144. The van der Waals surface area contributed by atoms with Crippen molar-refractivity contribution in [3.05, 3.63) is 0 Å². The first-order chi connectivity index (χ1) is 7.61. The predicted octanol–water partition coefficient (Wildman–Crippen LogP) is 0.207. The first-order valence-electron chi connectivity index (χ1n) is 5.11. The van der Waals surface area contributed by atoms with E-state index < -0.39 is 10.8 Å². The van der Waals surface area contributed by atoms with E-state index in [-0.39, 0.29) is 11.9 Å². The number of hydrogen-bond donors (Lipinski definition) is 0. The molecule has 0 bridgehead atoms. The zero-order valence-electron chi connectivity index (χ0n) is 10.1. The fourth-order valence-electron chi connectivity index (χ4n) is 1.03. The molecule has 16 heavy (non-hydrogen) atoms. The Morgan fingerprint density at radius 1 is 1.25 bits per heavy atom. The van der Waals surface area contributed by atoms with Crippen LogP contribution in [-0.2, 0) is 29.8 Å². The van der Waals surface area contributed by atoms with Crippen molar-refractivity contribution >= 4 is 16.8 Å². The topological polar surface area (TPSA) is 61.8 Å². The molecule has 0 aliphatic carbocycles. The van der Waals surface area contributed by atoms with Gasteiger partial charge in [0.2, 0.25) is 0 Å². The van der Waals surface area contributed by atoms with E-state index in [1.165, 1.54) is 7.11 Å². The second-order valence-electron chi connectivity index (χ2n) is 3.34. The minimum Gasteiger partial charge on any atom is -0.469 e. The zero-order chi connectivity index (χ0) is 12.4. The molecule has 0 saturated heterocycles. The highest BCUT2D eigenvalue weighted by Gasteiger charge is 2.16. The lowest BCUT2D eigenvalue weighted by atomic mass is 10.2. The van der Waals surface area contributed by atoms with E-state index in [2.05, 4.69) is 4.74 Å². The Labute approximate surface area is 98.9 Å². The molecule has 96 valence electrons. The Kier molecular flexibility index (Phi) is 9.46. The van der Waals surface area contributed by atoms with Crippen LogP contribution in [0.25, 0.3) is 0 Å². The van der Waals surface area contributed by atoms with Crippen LogP contribution in [0.3, 0.4) is 0 Å². The molecule has 6 heteroatoms. The molecule has 2 atom stereocenters. The van der Waals surface area contributed by atoms with Crippen LogP contribution in [0.1, 0.15) is 6.92 Å². The van der Waals surface area contributed by atoms with Gasteiger partial charge < -0.3 is 14.2 Å². The smallest absolute Gasteiger partial charge is 0.309 e. The highest BCUT2D eigenvalue weighted by atomic mass is 32.2. The van der Waals surface area contributed by atoms with Crippen molar-refractivity contribution < 1.29 is 23.2 Å². The predicted molar refractivity (Wildman–Crippen MR) is 61.8 cm³/mol. The first kappa shape index (κ1) is 15.5. The quantitative estimate of drug-likeness (QED) is 0.433. The highest BCUT2D eigenvalue weighted by Crippen LogP contribution is 2.01. The van der Waals surface area contributed by atoms with Gasteiger partial charge in [-0.15, -0.1) is 0 Å². The maximum absolute atomic E-state index is 11.5. The maximum Gasteiger partial charge on any atom is 0.309 e. The van der Waals surface area contributed by atoms with E-state index >= 15 is 0 Å². The fourth-order valence-corrected chi connectivity index (χ4v) is 2.19. The first-order valence-corrected chi connectivity index (χ1v) is 6.60. The van der Waals surface area contributed by atoms with Crippen molar-refractivity contribution in [3.63, 3.8) is 0 Å². The summed E-state index contributed by atoms with van der Waals surface area (Å²) in [6.07, 6.45) is 0. The normalized spacial score (nSPS) is 14.4. The van der Waals surface area contributed by atoms with Gasteiger partial charge in [0.1, 0.15) is 0 Å². The number of hydrogen-bond acceptors (Lipinski definition) is 5. The van der Waals surface area contributed by atoms with Gasteiger partial charge in [-0.2, -0.15) is 0 Å². The lowest BCUT2D eigenvalue weighted by Gasteiger charge is -2.08. The Balaban J connectivity index is 3.54. The SMILES string of the molecule is COCCOCCS(=O)CC(C)C(=O)OC. The summed E-state index contributed by atoms with van der Waals surface area (Å²) < 4.78 is 26.0. The van der Waals surface area contributed by atoms with Gasteiger partial charge in [-0.1, -0.05) is 6.92 Å². The van der Waals surface area contributed by atoms with Crippen molar-refractivity contribution in [1.29, 1.82) is 0 Å². The van der Waals surface area contributed by atoms with Crippen LogP contribution < -0.4 is 0 Å². The molecule has 0 aliphatic heterocycles. The van der Waals surface area contributed by atoms with E-state index in [1.807, 2.05) is 0 Å². The average molecular weight is 252 g/mol. The third-order valence-electron chi connectivity index (χ3n) is 1.93. The molecule has 2 unspecified atom stereocenters. The molecule has 0 aliphatic rings. The van der Waals surface area contributed by atoms with Gasteiger partial charge in [0, 0.05) is 29.4 Å². The fraction of sp³-hybridized carbons (Fsp3) is 0.900. The number of esters is 1. The summed E-state index contributed by atoms with van der Waals surface area (Å²) in [5.41, 5.74) is 0. The van der Waals surface area contributed by atoms with Crippen molar-refractivity contribution in [2.45, 2.75) is 6.92 Å². The second kappa shape index (κ2) is 9.74. The van der Waals surface area contributed by atoms with Crippen LogP contribution in [0.2, 0.25) is 0 Å². The maximum atomic E-state index is 11.5. The number of carbonyl (C=O) groups is 1. The molecule has 0 aromatic heterocycles. The lowest BCUT2D eigenvalue weighted by Crippen LogP contribution is -2.22. The molecule has 0 spiro atoms. The molecule has 0 rings (SSSR count).